The number of hydrogen-bond acceptors (Lipinski definition) is 5. The number of rotatable bonds is 2. The molecule has 6 heteroatoms. The second kappa shape index (κ2) is 4.64. The minimum Gasteiger partial charge on any atom is -0.461 e. The van der Waals surface area contributed by atoms with E-state index in [9.17, 15) is 4.79 Å². The molecule has 0 aromatic carbocycles. The lowest BCUT2D eigenvalue weighted by molar-refractivity contribution is -0.138. The lowest BCUT2D eigenvalue weighted by atomic mass is 9.86. The first-order chi connectivity index (χ1) is 10.7. The molecule has 0 radical (unpaired) electrons. The zero-order valence-corrected chi connectivity index (χ0v) is 13.0. The molecule has 2 aliphatic heterocycles. The van der Waals surface area contributed by atoms with Gasteiger partial charge in [0.05, 0.1) is 23.5 Å². The Bertz CT molecular complexity index is 787. The molecule has 1 aromatic rings. The van der Waals surface area contributed by atoms with E-state index in [-0.39, 0.29) is 5.97 Å². The average molecular weight is 313 g/mol. The summed E-state index contributed by atoms with van der Waals surface area (Å²) in [5.74, 6) is 0.341. The highest BCUT2D eigenvalue weighted by atomic mass is 32.1. The number of fused-ring (bicyclic) bond motifs is 3. The van der Waals surface area contributed by atoms with Gasteiger partial charge in [-0.3, -0.25) is 9.47 Å². The molecule has 4 rings (SSSR count). The minimum atomic E-state index is -0.518. The van der Waals surface area contributed by atoms with Crippen molar-refractivity contribution < 1.29 is 9.53 Å². The van der Waals surface area contributed by atoms with Gasteiger partial charge in [-0.15, -0.1) is 12.6 Å². The number of anilines is 1. The molecule has 0 bridgehead atoms. The van der Waals surface area contributed by atoms with Crippen LogP contribution >= 0.6 is 12.6 Å². The maximum absolute atomic E-state index is 12.4. The molecule has 22 heavy (non-hydrogen) atoms. The van der Waals surface area contributed by atoms with Crippen LogP contribution in [0.2, 0.25) is 0 Å². The first kappa shape index (κ1) is 13.5. The normalized spacial score (nSPS) is 24.4. The molecule has 112 valence electrons. The van der Waals surface area contributed by atoms with Crippen LogP contribution in [-0.2, 0) is 9.53 Å². The van der Waals surface area contributed by atoms with Crippen molar-refractivity contribution in [1.82, 2.24) is 9.55 Å². The van der Waals surface area contributed by atoms with E-state index in [2.05, 4.69) is 41.9 Å². The van der Waals surface area contributed by atoms with Gasteiger partial charge in [0, 0.05) is 0 Å². The van der Waals surface area contributed by atoms with E-state index in [0.717, 1.165) is 17.1 Å². The molecule has 0 saturated heterocycles. The highest BCUT2D eigenvalue weighted by molar-refractivity contribution is 7.80. The van der Waals surface area contributed by atoms with Crippen molar-refractivity contribution in [3.8, 4) is 0 Å². The van der Waals surface area contributed by atoms with Crippen LogP contribution in [0.15, 0.2) is 53.4 Å². The van der Waals surface area contributed by atoms with Crippen molar-refractivity contribution in [2.24, 2.45) is 0 Å². The molecule has 0 saturated carbocycles. The third-order valence-corrected chi connectivity index (χ3v) is 4.41. The van der Waals surface area contributed by atoms with E-state index in [0.29, 0.717) is 18.3 Å². The van der Waals surface area contributed by atoms with Gasteiger partial charge in [-0.05, 0) is 25.5 Å². The lowest BCUT2D eigenvalue weighted by Crippen LogP contribution is -2.46. The summed E-state index contributed by atoms with van der Waals surface area (Å²) in [5, 5.41) is 0.752. The van der Waals surface area contributed by atoms with Crippen LogP contribution in [0, 0.1) is 0 Å². The fourth-order valence-corrected chi connectivity index (χ4v) is 3.53. The van der Waals surface area contributed by atoms with Gasteiger partial charge in [-0.2, -0.15) is 0 Å². The summed E-state index contributed by atoms with van der Waals surface area (Å²) in [6, 6.07) is 0. The van der Waals surface area contributed by atoms with Crippen molar-refractivity contribution in [3.63, 3.8) is 0 Å². The van der Waals surface area contributed by atoms with E-state index >= 15 is 0 Å². The Morgan fingerprint density at radius 2 is 2.36 bits per heavy atom. The van der Waals surface area contributed by atoms with Crippen LogP contribution in [0.25, 0.3) is 5.70 Å². The largest absolute Gasteiger partial charge is 0.461 e. The smallest absolute Gasteiger partial charge is 0.355 e. The molecular weight excluding hydrogens is 298 g/mol. The van der Waals surface area contributed by atoms with E-state index < -0.39 is 5.54 Å². The second-order valence-electron chi connectivity index (χ2n) is 5.27. The van der Waals surface area contributed by atoms with Gasteiger partial charge >= 0.3 is 5.97 Å². The lowest BCUT2D eigenvalue weighted by Gasteiger charge is -2.38. The molecule has 3 heterocycles. The molecule has 1 aliphatic carbocycles. The summed E-state index contributed by atoms with van der Waals surface area (Å²) >= 11 is 4.50. The number of carbonyl (C=O) groups excluding carboxylic acids is 1. The van der Waals surface area contributed by atoms with Crippen LogP contribution in [0.1, 0.15) is 13.3 Å². The SMILES string of the molecule is CCOC(=O)C1=CC=CC23C=CCC=C2n2c(S)cnc2N13. The predicted molar refractivity (Wildman–Crippen MR) is 86.6 cm³/mol. The first-order valence-electron chi connectivity index (χ1n) is 7.21. The van der Waals surface area contributed by atoms with Gasteiger partial charge in [0.1, 0.15) is 11.2 Å². The van der Waals surface area contributed by atoms with Crippen molar-refractivity contribution in [1.29, 1.82) is 0 Å². The highest BCUT2D eigenvalue weighted by Gasteiger charge is 2.51. The maximum Gasteiger partial charge on any atom is 0.355 e. The molecule has 0 amide bonds. The van der Waals surface area contributed by atoms with Crippen LogP contribution in [0.4, 0.5) is 5.95 Å². The molecule has 3 aliphatic rings. The van der Waals surface area contributed by atoms with Crippen molar-refractivity contribution in [2.75, 3.05) is 11.5 Å². The standard InChI is InChI=1S/C16H15N3O2S/c1-2-21-14(20)11-6-5-9-16-8-4-3-7-12(16)18-13(22)10-17-15(18)19(11)16/h4-10,22H,2-3H2,1H3. The molecule has 0 N–H and O–H groups in total. The van der Waals surface area contributed by atoms with Gasteiger partial charge in [0.25, 0.3) is 0 Å². The second-order valence-corrected chi connectivity index (χ2v) is 5.73. The van der Waals surface area contributed by atoms with Gasteiger partial charge in [-0.1, -0.05) is 24.3 Å². The molecule has 1 atom stereocenters. The predicted octanol–water partition coefficient (Wildman–Crippen LogP) is 2.55. The maximum atomic E-state index is 12.4. The van der Waals surface area contributed by atoms with Crippen LogP contribution < -0.4 is 4.90 Å². The van der Waals surface area contributed by atoms with Crippen LogP contribution in [0.3, 0.4) is 0 Å². The highest BCUT2D eigenvalue weighted by Crippen LogP contribution is 2.50. The fraction of sp³-hybridized carbons (Fsp3) is 0.250. The number of esters is 1. The number of allylic oxidation sites excluding steroid dienone is 4. The summed E-state index contributed by atoms with van der Waals surface area (Å²) in [4.78, 5) is 18.7. The molecule has 5 nitrogen and oxygen atoms in total. The zero-order chi connectivity index (χ0) is 15.3. The number of aromatic nitrogens is 2. The fourth-order valence-electron chi connectivity index (χ4n) is 3.27. The Hall–Kier alpha value is -2.21. The topological polar surface area (TPSA) is 47.4 Å². The number of nitrogens with zero attached hydrogens (tertiary/aromatic N) is 3. The molecule has 1 unspecified atom stereocenters. The van der Waals surface area contributed by atoms with E-state index in [1.54, 1.807) is 19.2 Å². The van der Waals surface area contributed by atoms with E-state index in [1.165, 1.54) is 0 Å². The molecule has 1 spiro atoms. The Morgan fingerprint density at radius 1 is 1.50 bits per heavy atom. The Kier molecular flexibility index (Phi) is 2.84. The monoisotopic (exact) mass is 313 g/mol. The summed E-state index contributed by atoms with van der Waals surface area (Å²) < 4.78 is 7.19. The number of hydrogen-bond donors (Lipinski definition) is 1. The number of imidazole rings is 1. The molecule has 0 fully saturated rings. The minimum absolute atomic E-state index is 0.339. The van der Waals surface area contributed by atoms with Crippen LogP contribution in [-0.4, -0.2) is 27.7 Å². The van der Waals surface area contributed by atoms with Crippen LogP contribution in [0.5, 0.6) is 0 Å². The van der Waals surface area contributed by atoms with Gasteiger partial charge in [0.2, 0.25) is 5.95 Å². The summed E-state index contributed by atoms with van der Waals surface area (Å²) in [6.07, 6.45) is 14.6. The zero-order valence-electron chi connectivity index (χ0n) is 12.1. The Balaban J connectivity index is 1.93. The van der Waals surface area contributed by atoms with E-state index in [4.69, 9.17) is 4.74 Å². The number of thiol groups is 1. The van der Waals surface area contributed by atoms with Gasteiger partial charge < -0.3 is 4.74 Å². The van der Waals surface area contributed by atoms with Crippen molar-refractivity contribution >= 4 is 30.2 Å². The average Bonchev–Trinajstić information content (AvgIpc) is 3.03. The molecular formula is C16H15N3O2S. The summed E-state index contributed by atoms with van der Waals surface area (Å²) in [7, 11) is 0. The third-order valence-electron chi connectivity index (χ3n) is 4.09. The third kappa shape index (κ3) is 1.56. The quantitative estimate of drug-likeness (QED) is 0.518. The van der Waals surface area contributed by atoms with E-state index in [1.807, 2.05) is 15.5 Å². The molecule has 1 aromatic heterocycles. The van der Waals surface area contributed by atoms with Crippen molar-refractivity contribution in [3.05, 3.63) is 48.4 Å². The van der Waals surface area contributed by atoms with Gasteiger partial charge in [0.15, 0.2) is 0 Å². The Morgan fingerprint density at radius 3 is 3.18 bits per heavy atom. The summed E-state index contributed by atoms with van der Waals surface area (Å²) in [6.45, 7) is 2.14. The van der Waals surface area contributed by atoms with Gasteiger partial charge in [-0.25, -0.2) is 9.78 Å². The number of ether oxygens (including phenoxy) is 1. The number of carbonyl (C=O) groups is 1. The summed E-state index contributed by atoms with van der Waals surface area (Å²) in [5.41, 5.74) is 1.02. The first-order valence-corrected chi connectivity index (χ1v) is 7.66. The van der Waals surface area contributed by atoms with Crippen molar-refractivity contribution in [2.45, 2.75) is 23.9 Å². The Labute approximate surface area is 133 Å².